The number of carbonyl (C=O) groups is 1. The Morgan fingerprint density at radius 1 is 1.47 bits per heavy atom. The van der Waals surface area contributed by atoms with Gasteiger partial charge in [0.15, 0.2) is 0 Å². The molecule has 0 aromatic heterocycles. The van der Waals surface area contributed by atoms with E-state index in [1.165, 1.54) is 0 Å². The Bertz CT molecular complexity index is 404. The number of phenols is 1. The summed E-state index contributed by atoms with van der Waals surface area (Å²) in [5.74, 6) is 0.164. The molecule has 0 fully saturated rings. The number of aromatic hydroxyl groups is 1. The van der Waals surface area contributed by atoms with E-state index in [4.69, 9.17) is 0 Å². The number of rotatable bonds is 4. The van der Waals surface area contributed by atoms with E-state index in [1.807, 2.05) is 13.8 Å². The molecule has 0 bridgehead atoms. The molecule has 0 aliphatic heterocycles. The van der Waals surface area contributed by atoms with Gasteiger partial charge in [-0.15, -0.1) is 0 Å². The zero-order valence-electron chi connectivity index (χ0n) is 10.3. The monoisotopic (exact) mass is 299 g/mol. The van der Waals surface area contributed by atoms with Crippen LogP contribution in [0.15, 0.2) is 18.2 Å². The van der Waals surface area contributed by atoms with Crippen molar-refractivity contribution in [1.29, 1.82) is 0 Å². The molecule has 0 spiro atoms. The first-order valence-corrected chi connectivity index (χ1v) is 6.75. The summed E-state index contributed by atoms with van der Waals surface area (Å²) < 4.78 is 0. The molecule has 1 atom stereocenters. The standard InChI is InChI=1S/C13H18BrNO2/c1-8(2)11(7-14)15-13(17)10-6-4-5-9(3)12(10)16/h4-6,8,11,16H,7H2,1-3H3,(H,15,17). The van der Waals surface area contributed by atoms with E-state index in [-0.39, 0.29) is 17.7 Å². The van der Waals surface area contributed by atoms with Crippen LogP contribution >= 0.6 is 15.9 Å². The summed E-state index contributed by atoms with van der Waals surface area (Å²) in [5.41, 5.74) is 1.04. The fraction of sp³-hybridized carbons (Fsp3) is 0.462. The first kappa shape index (κ1) is 14.0. The fourth-order valence-electron chi connectivity index (χ4n) is 1.47. The van der Waals surface area contributed by atoms with Crippen LogP contribution in [0.5, 0.6) is 5.75 Å². The molecule has 1 aromatic carbocycles. The van der Waals surface area contributed by atoms with E-state index in [2.05, 4.69) is 21.2 Å². The third-order valence-corrected chi connectivity index (χ3v) is 3.47. The highest BCUT2D eigenvalue weighted by Crippen LogP contribution is 2.21. The Labute approximate surface area is 110 Å². The van der Waals surface area contributed by atoms with Crippen LogP contribution in [0.2, 0.25) is 0 Å². The predicted molar refractivity (Wildman–Crippen MR) is 72.7 cm³/mol. The lowest BCUT2D eigenvalue weighted by atomic mass is 10.0. The van der Waals surface area contributed by atoms with Crippen LogP contribution in [0.3, 0.4) is 0 Å². The molecule has 1 rings (SSSR count). The van der Waals surface area contributed by atoms with Gasteiger partial charge in [0.05, 0.1) is 5.56 Å². The van der Waals surface area contributed by atoms with E-state index in [0.717, 1.165) is 0 Å². The second-order valence-corrected chi connectivity index (χ2v) is 5.10. The van der Waals surface area contributed by atoms with Crippen LogP contribution in [-0.2, 0) is 0 Å². The van der Waals surface area contributed by atoms with Crippen molar-refractivity contribution in [3.63, 3.8) is 0 Å². The summed E-state index contributed by atoms with van der Waals surface area (Å²) in [6.45, 7) is 5.86. The second-order valence-electron chi connectivity index (χ2n) is 4.45. The molecule has 0 radical (unpaired) electrons. The number of halogens is 1. The molecule has 3 nitrogen and oxygen atoms in total. The number of benzene rings is 1. The van der Waals surface area contributed by atoms with E-state index in [1.54, 1.807) is 25.1 Å². The first-order chi connectivity index (χ1) is 7.97. The number of hydrogen-bond acceptors (Lipinski definition) is 2. The molecule has 1 aromatic rings. The summed E-state index contributed by atoms with van der Waals surface area (Å²) in [7, 11) is 0. The molecule has 0 saturated carbocycles. The number of phenolic OH excluding ortho intramolecular Hbond substituents is 1. The molecule has 0 saturated heterocycles. The van der Waals surface area contributed by atoms with E-state index >= 15 is 0 Å². The maximum absolute atomic E-state index is 12.0. The fourth-order valence-corrected chi connectivity index (χ4v) is 2.38. The molecule has 0 aliphatic carbocycles. The minimum Gasteiger partial charge on any atom is -0.507 e. The Morgan fingerprint density at radius 2 is 2.12 bits per heavy atom. The Balaban J connectivity index is 2.86. The van der Waals surface area contributed by atoms with E-state index in [0.29, 0.717) is 22.4 Å². The summed E-state index contributed by atoms with van der Waals surface area (Å²) in [5, 5.41) is 13.4. The maximum atomic E-state index is 12.0. The van der Waals surface area contributed by atoms with Crippen molar-refractivity contribution in [1.82, 2.24) is 5.32 Å². The molecule has 17 heavy (non-hydrogen) atoms. The van der Waals surface area contributed by atoms with Crippen LogP contribution in [0.1, 0.15) is 29.8 Å². The summed E-state index contributed by atoms with van der Waals surface area (Å²) in [6.07, 6.45) is 0. The quantitative estimate of drug-likeness (QED) is 0.840. The number of nitrogens with one attached hydrogen (secondary N) is 1. The predicted octanol–water partition coefficient (Wildman–Crippen LogP) is 2.85. The van der Waals surface area contributed by atoms with Gasteiger partial charge in [0.25, 0.3) is 5.91 Å². The van der Waals surface area contributed by atoms with Gasteiger partial charge in [-0.3, -0.25) is 4.79 Å². The van der Waals surface area contributed by atoms with E-state index in [9.17, 15) is 9.90 Å². The molecule has 94 valence electrons. The van der Waals surface area contributed by atoms with Gasteiger partial charge in [-0.2, -0.15) is 0 Å². The lowest BCUT2D eigenvalue weighted by Crippen LogP contribution is -2.39. The highest BCUT2D eigenvalue weighted by Gasteiger charge is 2.18. The lowest BCUT2D eigenvalue weighted by Gasteiger charge is -2.20. The molecule has 2 N–H and O–H groups in total. The van der Waals surface area contributed by atoms with Crippen LogP contribution in [0.4, 0.5) is 0 Å². The molecule has 1 unspecified atom stereocenters. The van der Waals surface area contributed by atoms with Gasteiger partial charge in [-0.05, 0) is 24.5 Å². The minimum absolute atomic E-state index is 0.0575. The zero-order valence-corrected chi connectivity index (χ0v) is 11.9. The van der Waals surface area contributed by atoms with Gasteiger partial charge in [-0.1, -0.05) is 41.9 Å². The Morgan fingerprint density at radius 3 is 2.65 bits per heavy atom. The topological polar surface area (TPSA) is 49.3 Å². The van der Waals surface area contributed by atoms with Gasteiger partial charge in [-0.25, -0.2) is 0 Å². The molecule has 0 aliphatic rings. The number of para-hydroxylation sites is 1. The summed E-state index contributed by atoms with van der Waals surface area (Å²) in [4.78, 5) is 12.0. The second kappa shape index (κ2) is 6.05. The molecular formula is C13H18BrNO2. The Kier molecular flexibility index (Phi) is 5.00. The van der Waals surface area contributed by atoms with Crippen LogP contribution in [-0.4, -0.2) is 22.4 Å². The normalized spacial score (nSPS) is 12.5. The largest absolute Gasteiger partial charge is 0.507 e. The molecule has 4 heteroatoms. The Hall–Kier alpha value is -1.03. The molecule has 0 heterocycles. The smallest absolute Gasteiger partial charge is 0.255 e. The van der Waals surface area contributed by atoms with Crippen LogP contribution < -0.4 is 5.32 Å². The average molecular weight is 300 g/mol. The number of amides is 1. The third kappa shape index (κ3) is 3.46. The number of aryl methyl sites for hydroxylation is 1. The van der Waals surface area contributed by atoms with E-state index < -0.39 is 0 Å². The van der Waals surface area contributed by atoms with Gasteiger partial charge in [0, 0.05) is 11.4 Å². The average Bonchev–Trinajstić information content (AvgIpc) is 2.28. The van der Waals surface area contributed by atoms with Crippen molar-refractivity contribution >= 4 is 21.8 Å². The summed E-state index contributed by atoms with van der Waals surface area (Å²) >= 11 is 3.37. The summed E-state index contributed by atoms with van der Waals surface area (Å²) in [6, 6.07) is 5.23. The highest BCUT2D eigenvalue weighted by atomic mass is 79.9. The van der Waals surface area contributed by atoms with Crippen molar-refractivity contribution in [3.05, 3.63) is 29.3 Å². The number of alkyl halides is 1. The van der Waals surface area contributed by atoms with Crippen LogP contribution in [0.25, 0.3) is 0 Å². The van der Waals surface area contributed by atoms with Gasteiger partial charge >= 0.3 is 0 Å². The SMILES string of the molecule is Cc1cccc(C(=O)NC(CBr)C(C)C)c1O. The first-order valence-electron chi connectivity index (χ1n) is 5.62. The van der Waals surface area contributed by atoms with Gasteiger partial charge < -0.3 is 10.4 Å². The number of carbonyl (C=O) groups excluding carboxylic acids is 1. The lowest BCUT2D eigenvalue weighted by molar-refractivity contribution is 0.0929. The highest BCUT2D eigenvalue weighted by molar-refractivity contribution is 9.09. The van der Waals surface area contributed by atoms with Gasteiger partial charge in [0.1, 0.15) is 5.75 Å². The van der Waals surface area contributed by atoms with Crippen LogP contribution in [0, 0.1) is 12.8 Å². The number of hydrogen-bond donors (Lipinski definition) is 2. The van der Waals surface area contributed by atoms with Crippen molar-refractivity contribution in [2.24, 2.45) is 5.92 Å². The van der Waals surface area contributed by atoms with Gasteiger partial charge in [0.2, 0.25) is 0 Å². The van der Waals surface area contributed by atoms with Crippen molar-refractivity contribution in [3.8, 4) is 5.75 Å². The zero-order chi connectivity index (χ0) is 13.0. The maximum Gasteiger partial charge on any atom is 0.255 e. The van der Waals surface area contributed by atoms with Crippen molar-refractivity contribution < 1.29 is 9.90 Å². The minimum atomic E-state index is -0.232. The molecule has 1 amide bonds. The van der Waals surface area contributed by atoms with Crippen molar-refractivity contribution in [2.75, 3.05) is 5.33 Å². The van der Waals surface area contributed by atoms with Crippen molar-refractivity contribution in [2.45, 2.75) is 26.8 Å². The molecular weight excluding hydrogens is 282 g/mol. The third-order valence-electron chi connectivity index (χ3n) is 2.77.